The molecule has 18 heavy (non-hydrogen) atoms. The number of nitrogens with zero attached hydrogens (tertiary/aromatic N) is 1. The number of primary amides is 1. The average molecular weight is 255 g/mol. The SMILES string of the molecule is CCCNC1CCCN(CCCCC(N)=O)C1=O. The molecule has 3 N–H and O–H groups in total. The highest BCUT2D eigenvalue weighted by molar-refractivity contribution is 5.82. The predicted octanol–water partition coefficient (Wildman–Crippen LogP) is 0.633. The van der Waals surface area contributed by atoms with Crippen LogP contribution in [0.15, 0.2) is 0 Å². The van der Waals surface area contributed by atoms with Gasteiger partial charge in [0.1, 0.15) is 0 Å². The first-order valence-electron chi connectivity index (χ1n) is 6.95. The molecule has 0 aromatic heterocycles. The van der Waals surface area contributed by atoms with Crippen molar-refractivity contribution in [3.05, 3.63) is 0 Å². The molecule has 1 saturated heterocycles. The van der Waals surface area contributed by atoms with E-state index in [9.17, 15) is 9.59 Å². The van der Waals surface area contributed by atoms with Gasteiger partial charge >= 0.3 is 0 Å². The molecule has 1 atom stereocenters. The summed E-state index contributed by atoms with van der Waals surface area (Å²) in [5.74, 6) is -0.0452. The Hall–Kier alpha value is -1.10. The fourth-order valence-electron chi connectivity index (χ4n) is 2.27. The minimum Gasteiger partial charge on any atom is -0.370 e. The van der Waals surface area contributed by atoms with E-state index in [2.05, 4.69) is 12.2 Å². The van der Waals surface area contributed by atoms with E-state index in [1.54, 1.807) is 0 Å². The first kappa shape index (κ1) is 15.0. The van der Waals surface area contributed by atoms with Crippen LogP contribution in [-0.2, 0) is 9.59 Å². The average Bonchev–Trinajstić information content (AvgIpc) is 2.34. The molecule has 104 valence electrons. The van der Waals surface area contributed by atoms with Crippen molar-refractivity contribution in [2.75, 3.05) is 19.6 Å². The highest BCUT2D eigenvalue weighted by Gasteiger charge is 2.27. The molecule has 2 amide bonds. The zero-order valence-corrected chi connectivity index (χ0v) is 11.3. The van der Waals surface area contributed by atoms with Crippen LogP contribution < -0.4 is 11.1 Å². The summed E-state index contributed by atoms with van der Waals surface area (Å²) >= 11 is 0. The Balaban J connectivity index is 2.27. The zero-order valence-electron chi connectivity index (χ0n) is 11.3. The van der Waals surface area contributed by atoms with Crippen molar-refractivity contribution in [2.45, 2.75) is 51.5 Å². The van der Waals surface area contributed by atoms with Gasteiger partial charge < -0.3 is 16.0 Å². The van der Waals surface area contributed by atoms with E-state index in [-0.39, 0.29) is 17.9 Å². The summed E-state index contributed by atoms with van der Waals surface area (Å²) in [6.45, 7) is 4.59. The smallest absolute Gasteiger partial charge is 0.239 e. The van der Waals surface area contributed by atoms with Crippen LogP contribution in [0.5, 0.6) is 0 Å². The van der Waals surface area contributed by atoms with Crippen LogP contribution in [0.1, 0.15) is 45.4 Å². The molecule has 1 aliphatic heterocycles. The highest BCUT2D eigenvalue weighted by atomic mass is 16.2. The van der Waals surface area contributed by atoms with Gasteiger partial charge in [-0.1, -0.05) is 6.92 Å². The normalized spacial score (nSPS) is 20.2. The van der Waals surface area contributed by atoms with Gasteiger partial charge in [0.25, 0.3) is 0 Å². The van der Waals surface area contributed by atoms with Gasteiger partial charge in [0.05, 0.1) is 6.04 Å². The fourth-order valence-corrected chi connectivity index (χ4v) is 2.27. The minimum atomic E-state index is -0.262. The van der Waals surface area contributed by atoms with Crippen LogP contribution >= 0.6 is 0 Å². The van der Waals surface area contributed by atoms with E-state index in [0.29, 0.717) is 6.42 Å². The van der Waals surface area contributed by atoms with E-state index < -0.39 is 0 Å². The molecule has 1 rings (SSSR count). The lowest BCUT2D eigenvalue weighted by atomic mass is 10.0. The standard InChI is InChI=1S/C13H25N3O2/c1-2-8-15-11-6-5-10-16(13(11)18)9-4-3-7-12(14)17/h11,15H,2-10H2,1H3,(H2,14,17). The lowest BCUT2D eigenvalue weighted by Gasteiger charge is -2.32. The van der Waals surface area contributed by atoms with Crippen molar-refractivity contribution >= 4 is 11.8 Å². The van der Waals surface area contributed by atoms with Crippen molar-refractivity contribution in [3.8, 4) is 0 Å². The molecule has 0 aromatic carbocycles. The van der Waals surface area contributed by atoms with Gasteiger partial charge in [-0.3, -0.25) is 9.59 Å². The zero-order chi connectivity index (χ0) is 13.4. The predicted molar refractivity (Wildman–Crippen MR) is 70.9 cm³/mol. The van der Waals surface area contributed by atoms with Gasteiger partial charge in [0.15, 0.2) is 0 Å². The van der Waals surface area contributed by atoms with Gasteiger partial charge in [-0.15, -0.1) is 0 Å². The van der Waals surface area contributed by atoms with Gasteiger partial charge in [0.2, 0.25) is 11.8 Å². The van der Waals surface area contributed by atoms with E-state index in [1.165, 1.54) is 0 Å². The number of piperidine rings is 1. The quantitative estimate of drug-likeness (QED) is 0.625. The van der Waals surface area contributed by atoms with Crippen LogP contribution in [-0.4, -0.2) is 42.4 Å². The second-order valence-electron chi connectivity index (χ2n) is 4.90. The topological polar surface area (TPSA) is 75.4 Å². The Morgan fingerprint density at radius 3 is 2.94 bits per heavy atom. The molecule has 1 heterocycles. The summed E-state index contributed by atoms with van der Waals surface area (Å²) in [7, 11) is 0. The van der Waals surface area contributed by atoms with E-state index >= 15 is 0 Å². The summed E-state index contributed by atoms with van der Waals surface area (Å²) in [4.78, 5) is 24.7. The third-order valence-electron chi connectivity index (χ3n) is 3.27. The molecular weight excluding hydrogens is 230 g/mol. The van der Waals surface area contributed by atoms with Crippen molar-refractivity contribution < 1.29 is 9.59 Å². The van der Waals surface area contributed by atoms with Gasteiger partial charge in [-0.2, -0.15) is 0 Å². The summed E-state index contributed by atoms with van der Waals surface area (Å²) in [5, 5.41) is 3.29. The molecule has 0 radical (unpaired) electrons. The monoisotopic (exact) mass is 255 g/mol. The molecule has 5 nitrogen and oxygen atoms in total. The summed E-state index contributed by atoms with van der Waals surface area (Å²) in [6.07, 6.45) is 5.09. The van der Waals surface area contributed by atoms with E-state index in [1.807, 2.05) is 4.90 Å². The maximum Gasteiger partial charge on any atom is 0.239 e. The number of rotatable bonds is 8. The largest absolute Gasteiger partial charge is 0.370 e. The minimum absolute atomic E-state index is 0.00478. The number of likely N-dealkylation sites (tertiary alicyclic amines) is 1. The summed E-state index contributed by atoms with van der Waals surface area (Å²) in [5.41, 5.74) is 5.09. The lowest BCUT2D eigenvalue weighted by Crippen LogP contribution is -2.51. The Kier molecular flexibility index (Phi) is 6.72. The van der Waals surface area contributed by atoms with E-state index in [0.717, 1.165) is 51.7 Å². The number of carbonyl (C=O) groups excluding carboxylic acids is 2. The first-order chi connectivity index (χ1) is 8.65. The van der Waals surface area contributed by atoms with Crippen LogP contribution in [0.25, 0.3) is 0 Å². The summed E-state index contributed by atoms with van der Waals surface area (Å²) in [6, 6.07) is -0.00478. The number of hydrogen-bond donors (Lipinski definition) is 2. The van der Waals surface area contributed by atoms with Crippen LogP contribution in [0.3, 0.4) is 0 Å². The maximum atomic E-state index is 12.1. The van der Waals surface area contributed by atoms with Gasteiger partial charge in [-0.25, -0.2) is 0 Å². The van der Waals surface area contributed by atoms with Crippen molar-refractivity contribution in [3.63, 3.8) is 0 Å². The Morgan fingerprint density at radius 1 is 1.50 bits per heavy atom. The number of nitrogens with two attached hydrogens (primary N) is 1. The second-order valence-corrected chi connectivity index (χ2v) is 4.90. The maximum absolute atomic E-state index is 12.1. The molecular formula is C13H25N3O2. The van der Waals surface area contributed by atoms with Crippen LogP contribution in [0, 0.1) is 0 Å². The Morgan fingerprint density at radius 2 is 2.28 bits per heavy atom. The van der Waals surface area contributed by atoms with Crippen LogP contribution in [0.4, 0.5) is 0 Å². The fraction of sp³-hybridized carbons (Fsp3) is 0.846. The van der Waals surface area contributed by atoms with Crippen molar-refractivity contribution in [1.82, 2.24) is 10.2 Å². The molecule has 1 aliphatic rings. The number of carbonyl (C=O) groups is 2. The van der Waals surface area contributed by atoms with Crippen molar-refractivity contribution in [1.29, 1.82) is 0 Å². The molecule has 1 unspecified atom stereocenters. The van der Waals surface area contributed by atoms with Crippen molar-refractivity contribution in [2.24, 2.45) is 5.73 Å². The lowest BCUT2D eigenvalue weighted by molar-refractivity contribution is -0.136. The molecule has 0 saturated carbocycles. The van der Waals surface area contributed by atoms with E-state index in [4.69, 9.17) is 5.73 Å². The Bertz CT molecular complexity index is 281. The number of hydrogen-bond acceptors (Lipinski definition) is 3. The molecule has 0 aliphatic carbocycles. The van der Waals surface area contributed by atoms with Crippen LogP contribution in [0.2, 0.25) is 0 Å². The Labute approximate surface area is 109 Å². The number of amides is 2. The highest BCUT2D eigenvalue weighted by Crippen LogP contribution is 2.13. The first-order valence-corrected chi connectivity index (χ1v) is 6.95. The second kappa shape index (κ2) is 8.08. The third-order valence-corrected chi connectivity index (χ3v) is 3.27. The third kappa shape index (κ3) is 5.04. The van der Waals surface area contributed by atoms with Gasteiger partial charge in [-0.05, 0) is 38.6 Å². The molecule has 0 bridgehead atoms. The molecule has 0 spiro atoms. The number of unbranched alkanes of at least 4 members (excludes halogenated alkanes) is 1. The summed E-state index contributed by atoms with van der Waals surface area (Å²) < 4.78 is 0. The number of nitrogens with one attached hydrogen (secondary N) is 1. The molecule has 1 fully saturated rings. The van der Waals surface area contributed by atoms with Gasteiger partial charge in [0, 0.05) is 19.5 Å². The molecule has 5 heteroatoms. The molecule has 0 aromatic rings.